The summed E-state index contributed by atoms with van der Waals surface area (Å²) in [6, 6.07) is 0. The molecule has 3 heteroatoms. The van der Waals surface area contributed by atoms with Crippen molar-refractivity contribution in [1.29, 1.82) is 0 Å². The molecule has 5 rings (SSSR count). The summed E-state index contributed by atoms with van der Waals surface area (Å²) in [6.45, 7) is 6.78. The topological polar surface area (TPSA) is 18.5 Å². The molecule has 0 bridgehead atoms. The van der Waals surface area contributed by atoms with E-state index in [1.807, 2.05) is 0 Å². The zero-order valence-electron chi connectivity index (χ0n) is 15.2. The summed E-state index contributed by atoms with van der Waals surface area (Å²) >= 11 is 2.63. The van der Waals surface area contributed by atoms with Crippen molar-refractivity contribution in [3.63, 3.8) is 0 Å². The normalized spacial score (nSPS) is 52.5. The van der Waals surface area contributed by atoms with Crippen LogP contribution in [0.1, 0.15) is 65.2 Å². The molecule has 1 heterocycles. The summed E-state index contributed by atoms with van der Waals surface area (Å²) in [5.41, 5.74) is 0.915. The first-order valence-electron chi connectivity index (χ1n) is 10.1. The van der Waals surface area contributed by atoms with E-state index in [0.717, 1.165) is 37.4 Å². The highest BCUT2D eigenvalue weighted by molar-refractivity contribution is 14.1. The van der Waals surface area contributed by atoms with Crippen LogP contribution in [0.3, 0.4) is 0 Å². The third-order valence-corrected chi connectivity index (χ3v) is 10.6. The molecule has 3 saturated carbocycles. The molecule has 2 nitrogen and oxygen atoms in total. The van der Waals surface area contributed by atoms with Gasteiger partial charge in [0, 0.05) is 17.8 Å². The van der Waals surface area contributed by atoms with E-state index < -0.39 is 0 Å². The third-order valence-electron chi connectivity index (χ3n) is 8.90. The quantitative estimate of drug-likeness (QED) is 0.448. The van der Waals surface area contributed by atoms with Crippen molar-refractivity contribution in [3.8, 4) is 0 Å². The van der Waals surface area contributed by atoms with E-state index in [1.54, 1.807) is 3.58 Å². The molecule has 0 aromatic rings. The van der Waals surface area contributed by atoms with Crippen molar-refractivity contribution in [2.24, 2.45) is 34.5 Å². The summed E-state index contributed by atoms with van der Waals surface area (Å²) in [6.07, 6.45) is 13.2. The third kappa shape index (κ3) is 2.01. The molecule has 24 heavy (non-hydrogen) atoms. The van der Waals surface area contributed by atoms with Crippen molar-refractivity contribution in [1.82, 2.24) is 0 Å². The lowest BCUT2D eigenvalue weighted by molar-refractivity contribution is -0.272. The largest absolute Gasteiger partial charge is 0.347 e. The van der Waals surface area contributed by atoms with E-state index in [0.29, 0.717) is 16.7 Å². The Labute approximate surface area is 160 Å². The summed E-state index contributed by atoms with van der Waals surface area (Å²) < 4.78 is 14.2. The lowest BCUT2D eigenvalue weighted by Gasteiger charge is -2.62. The van der Waals surface area contributed by atoms with Gasteiger partial charge in [0.2, 0.25) is 0 Å². The molecule has 134 valence electrons. The zero-order chi connectivity index (χ0) is 16.6. The molecule has 1 aliphatic heterocycles. The highest BCUT2D eigenvalue weighted by Gasteiger charge is 2.63. The van der Waals surface area contributed by atoms with Crippen LogP contribution in [0.5, 0.6) is 0 Å². The fraction of sp³-hybridized carbons (Fsp3) is 0.905. The molecule has 0 radical (unpaired) electrons. The van der Waals surface area contributed by atoms with Crippen LogP contribution in [0, 0.1) is 34.5 Å². The minimum atomic E-state index is -0.221. The average molecular weight is 442 g/mol. The average Bonchev–Trinajstić information content (AvgIpc) is 3.13. The van der Waals surface area contributed by atoms with Crippen molar-refractivity contribution >= 4 is 22.6 Å². The van der Waals surface area contributed by atoms with Crippen LogP contribution in [0.25, 0.3) is 0 Å². The first kappa shape index (κ1) is 16.6. The van der Waals surface area contributed by atoms with Crippen molar-refractivity contribution < 1.29 is 9.47 Å². The SMILES string of the molecule is C[C@]12CCCC3(OCCO3)C1CC[C@@H]1C2CC[C@]2(C)C(I)=CC[C@@H]12. The van der Waals surface area contributed by atoms with Gasteiger partial charge in [-0.2, -0.15) is 0 Å². The second-order valence-electron chi connectivity index (χ2n) is 9.62. The number of fused-ring (bicyclic) bond motifs is 6. The first-order chi connectivity index (χ1) is 11.5. The molecular formula is C21H31IO2. The fourth-order valence-electron chi connectivity index (χ4n) is 7.76. The number of halogens is 1. The van der Waals surface area contributed by atoms with Gasteiger partial charge in [0.05, 0.1) is 13.2 Å². The highest BCUT2D eigenvalue weighted by Crippen LogP contribution is 2.68. The lowest BCUT2D eigenvalue weighted by atomic mass is 9.44. The minimum absolute atomic E-state index is 0.221. The number of hydrogen-bond acceptors (Lipinski definition) is 2. The standard InChI is InChI=1S/C21H31IO2/c1-19-9-3-10-21(23-12-13-24-21)17(19)6-4-14-15-5-7-18(22)20(15,2)11-8-16(14)19/h7,14-17H,3-6,8-13H2,1-2H3/t14-,15-,16?,17?,19+,20-/m0/s1. The summed E-state index contributed by atoms with van der Waals surface area (Å²) in [5.74, 6) is 3.10. The van der Waals surface area contributed by atoms with Gasteiger partial charge in [-0.15, -0.1) is 0 Å². The van der Waals surface area contributed by atoms with Crippen LogP contribution < -0.4 is 0 Å². The lowest BCUT2D eigenvalue weighted by Crippen LogP contribution is -2.59. The zero-order valence-corrected chi connectivity index (χ0v) is 17.3. The van der Waals surface area contributed by atoms with Gasteiger partial charge in [-0.3, -0.25) is 0 Å². The predicted molar refractivity (Wildman–Crippen MR) is 104 cm³/mol. The molecule has 0 amide bonds. The van der Waals surface area contributed by atoms with Gasteiger partial charge < -0.3 is 9.47 Å². The van der Waals surface area contributed by atoms with Crippen molar-refractivity contribution in [3.05, 3.63) is 9.66 Å². The Morgan fingerprint density at radius 3 is 2.58 bits per heavy atom. The minimum Gasteiger partial charge on any atom is -0.347 e. The molecule has 0 N–H and O–H groups in total. The number of allylic oxidation sites excluding steroid dienone is 2. The predicted octanol–water partition coefficient (Wildman–Crippen LogP) is 5.70. The molecule has 4 fully saturated rings. The summed E-state index contributed by atoms with van der Waals surface area (Å²) in [7, 11) is 0. The van der Waals surface area contributed by atoms with Gasteiger partial charge in [-0.25, -0.2) is 0 Å². The molecule has 0 aromatic carbocycles. The molecule has 0 aromatic heterocycles. The van der Waals surface area contributed by atoms with Crippen molar-refractivity contribution in [2.45, 2.75) is 71.0 Å². The highest BCUT2D eigenvalue weighted by atomic mass is 127. The van der Waals surface area contributed by atoms with E-state index in [2.05, 4.69) is 42.5 Å². The van der Waals surface area contributed by atoms with Crippen LogP contribution >= 0.6 is 22.6 Å². The van der Waals surface area contributed by atoms with E-state index in [-0.39, 0.29) is 5.79 Å². The molecule has 5 aliphatic rings. The summed E-state index contributed by atoms with van der Waals surface area (Å²) in [5, 5.41) is 0. The molecule has 4 aliphatic carbocycles. The number of rotatable bonds is 0. The van der Waals surface area contributed by atoms with E-state index >= 15 is 0 Å². The molecule has 1 spiro atoms. The fourth-order valence-corrected chi connectivity index (χ4v) is 8.68. The molecule has 6 atom stereocenters. The summed E-state index contributed by atoms with van der Waals surface area (Å²) in [4.78, 5) is 0. The first-order valence-corrected chi connectivity index (χ1v) is 11.2. The van der Waals surface area contributed by atoms with Crippen LogP contribution in [-0.4, -0.2) is 19.0 Å². The van der Waals surface area contributed by atoms with Gasteiger partial charge in [0.25, 0.3) is 0 Å². The van der Waals surface area contributed by atoms with Crippen LogP contribution in [0.15, 0.2) is 9.66 Å². The Hall–Kier alpha value is 0.390. The molecular weight excluding hydrogens is 411 g/mol. The second-order valence-corrected chi connectivity index (χ2v) is 10.8. The Kier molecular flexibility index (Phi) is 3.76. The van der Waals surface area contributed by atoms with Gasteiger partial charge in [-0.05, 0) is 94.3 Å². The number of ether oxygens (including phenoxy) is 2. The van der Waals surface area contributed by atoms with Crippen molar-refractivity contribution in [2.75, 3.05) is 13.2 Å². The second kappa shape index (κ2) is 5.45. The van der Waals surface area contributed by atoms with Gasteiger partial charge in [-0.1, -0.05) is 19.9 Å². The maximum Gasteiger partial charge on any atom is 0.171 e. The maximum atomic E-state index is 6.29. The maximum absolute atomic E-state index is 6.29. The molecule has 2 unspecified atom stereocenters. The van der Waals surface area contributed by atoms with Crippen LogP contribution in [0.4, 0.5) is 0 Å². The number of hydrogen-bond donors (Lipinski definition) is 0. The van der Waals surface area contributed by atoms with Crippen LogP contribution in [-0.2, 0) is 9.47 Å². The smallest absolute Gasteiger partial charge is 0.171 e. The van der Waals surface area contributed by atoms with Crippen LogP contribution in [0.2, 0.25) is 0 Å². The Morgan fingerprint density at radius 2 is 1.79 bits per heavy atom. The Bertz CT molecular complexity index is 566. The Morgan fingerprint density at radius 1 is 1.00 bits per heavy atom. The van der Waals surface area contributed by atoms with Gasteiger partial charge in [0.1, 0.15) is 0 Å². The Balaban J connectivity index is 1.48. The van der Waals surface area contributed by atoms with E-state index in [4.69, 9.17) is 9.47 Å². The molecule has 1 saturated heterocycles. The van der Waals surface area contributed by atoms with E-state index in [1.165, 1.54) is 44.9 Å². The van der Waals surface area contributed by atoms with Gasteiger partial charge in [0.15, 0.2) is 5.79 Å². The monoisotopic (exact) mass is 442 g/mol. The van der Waals surface area contributed by atoms with E-state index in [9.17, 15) is 0 Å². The van der Waals surface area contributed by atoms with Gasteiger partial charge >= 0.3 is 0 Å².